The molecule has 83 heavy (non-hydrogen) atoms. The number of thiophene rings is 1. The van der Waals surface area contributed by atoms with Gasteiger partial charge in [-0.25, -0.2) is 19.6 Å². The Labute approximate surface area is 493 Å². The number of nitrogens with one attached hydrogen (secondary N) is 3. The summed E-state index contributed by atoms with van der Waals surface area (Å²) >= 11 is 6.66. The molecule has 15 nitrogen and oxygen atoms in total. The van der Waals surface area contributed by atoms with E-state index < -0.39 is 23.4 Å². The molecule has 0 amide bonds. The van der Waals surface area contributed by atoms with E-state index in [4.69, 9.17) is 17.0 Å². The van der Waals surface area contributed by atoms with Crippen LogP contribution in [0.2, 0.25) is 0 Å². The number of nitrogens with zero attached hydrogens (tertiary/aromatic N) is 4. The number of aliphatic hydroxyl groups is 1. The van der Waals surface area contributed by atoms with E-state index in [9.17, 15) is 35.1 Å². The van der Waals surface area contributed by atoms with Crippen molar-refractivity contribution in [3.05, 3.63) is 140 Å². The van der Waals surface area contributed by atoms with Crippen molar-refractivity contribution in [1.29, 1.82) is 0 Å². The lowest BCUT2D eigenvalue weighted by molar-refractivity contribution is -0.115. The van der Waals surface area contributed by atoms with Gasteiger partial charge in [0, 0.05) is 55.0 Å². The van der Waals surface area contributed by atoms with Crippen molar-refractivity contribution in [1.82, 2.24) is 30.2 Å². The Hall–Kier alpha value is -6.76. The van der Waals surface area contributed by atoms with Crippen LogP contribution in [0.5, 0.6) is 11.5 Å². The highest BCUT2D eigenvalue weighted by molar-refractivity contribution is 7.71. The van der Waals surface area contributed by atoms with Crippen molar-refractivity contribution in [3.8, 4) is 11.5 Å². The van der Waals surface area contributed by atoms with Gasteiger partial charge in [0.05, 0.1) is 24.9 Å². The Morgan fingerprint density at radius 3 is 2.17 bits per heavy atom. The number of carbonyl (C=O) groups is 2. The molecule has 7 aromatic rings. The SMILES string of the molecule is CN1CCCN=C1/C=C/c1cccs1.C[C@@H]1CC[C@@]2(NC1)O[C@H]1C[C@H]3[C@@H]4CC=C5C[C@@H](O)CC[C@]5(C)[C@H]4CC[C@]3(C)[C@H]1[C@@H]2C.O=C(O)c1cc2ccccc2c(Cc2c(O)c(C(=O)O)cc3ccccc23)c1O.S=c1nc[nH]c2nc[nH]c12. The third-order valence-electron chi connectivity index (χ3n) is 20.1. The fourth-order valence-electron chi connectivity index (χ4n) is 15.8. The molecule has 17 heteroatoms. The standard InChI is InChI=1S/C27H43NO2.C23H16O6.C11H14N2S.C5H4N4S/c1-16-7-12-27(28-15-16)17(2)24-23(30-27)14-22-20-6-5-18-13-19(29)8-10-25(18,3)21(20)9-11-26(22,24)4;24-20-16(14-7-3-1-5-12(14)9-18(20)22(26)27)11-17-15-8-4-2-6-13(15)10-19(21(17)25)23(28)29;1-13-8-3-7-12-11(13)6-5-10-4-2-9-14-10;10-5-3-4(7-1-6-3)8-2-9-5/h5,16-17,19-24,28-29H,6-15H2,1-4H3;1-10,24-25H,11H2,(H,26,27)(H,28,29);2,4-6,9H,3,7-8H2,1H3;1-2H,(H2,6,7,8,9,10)/b;;6-5+;/t16-,17+,19+,20-,21+,22+,23+,24+,25+,26+,27-;;;/m1.../s1. The first-order valence-corrected chi connectivity index (χ1v) is 30.8. The number of hydrogen-bond donors (Lipinski definition) is 8. The van der Waals surface area contributed by atoms with Crippen LogP contribution in [-0.2, 0) is 11.2 Å². The van der Waals surface area contributed by atoms with Crippen LogP contribution in [0.4, 0.5) is 0 Å². The molecule has 3 aliphatic heterocycles. The normalized spacial score (nSPS) is 29.7. The Morgan fingerprint density at radius 1 is 0.855 bits per heavy atom. The fraction of sp³-hybridized carbons (Fsp3) is 0.455. The molecule has 3 saturated carbocycles. The summed E-state index contributed by atoms with van der Waals surface area (Å²) in [6, 6.07) is 21.0. The minimum Gasteiger partial charge on any atom is -0.507 e. The smallest absolute Gasteiger partial charge is 0.339 e. The number of aromatic hydroxyl groups is 2. The average molecular weight is 1160 g/mol. The van der Waals surface area contributed by atoms with Gasteiger partial charge in [0.2, 0.25) is 0 Å². The van der Waals surface area contributed by atoms with Gasteiger partial charge in [0.15, 0.2) is 10.3 Å². The molecular formula is C66H77N7O8S2. The van der Waals surface area contributed by atoms with E-state index in [1.54, 1.807) is 71.8 Å². The molecule has 0 radical (unpaired) electrons. The first-order chi connectivity index (χ1) is 39.9. The van der Waals surface area contributed by atoms with E-state index in [0.717, 1.165) is 79.1 Å². The predicted molar refractivity (Wildman–Crippen MR) is 330 cm³/mol. The van der Waals surface area contributed by atoms with Crippen molar-refractivity contribution in [2.24, 2.45) is 51.3 Å². The van der Waals surface area contributed by atoms with E-state index in [-0.39, 0.29) is 29.4 Å². The Morgan fingerprint density at radius 2 is 1.54 bits per heavy atom. The molecule has 8 N–H and O–H groups in total. The molecule has 4 aliphatic carbocycles. The van der Waals surface area contributed by atoms with E-state index in [1.165, 1.54) is 74.7 Å². The molecule has 14 rings (SSSR count). The summed E-state index contributed by atoms with van der Waals surface area (Å²) in [7, 11) is 2.09. The second kappa shape index (κ2) is 23.7. The third-order valence-corrected chi connectivity index (χ3v) is 21.3. The lowest BCUT2D eigenvalue weighted by Crippen LogP contribution is -2.57. The molecule has 4 aromatic carbocycles. The highest BCUT2D eigenvalue weighted by Crippen LogP contribution is 2.70. The summed E-state index contributed by atoms with van der Waals surface area (Å²) in [6.07, 6.45) is 22.3. The number of aliphatic hydroxyl groups excluding tert-OH is 1. The number of aromatic amines is 2. The number of likely N-dealkylation sites (N-methyl/N-ethyl adjacent to an activating group) is 1. The van der Waals surface area contributed by atoms with Crippen LogP contribution < -0.4 is 5.32 Å². The minimum atomic E-state index is -1.28. The van der Waals surface area contributed by atoms with E-state index >= 15 is 0 Å². The van der Waals surface area contributed by atoms with E-state index in [2.05, 4.69) is 106 Å². The first kappa shape index (κ1) is 58.0. The number of piperidine rings is 1. The zero-order valence-corrected chi connectivity index (χ0v) is 49.6. The quantitative estimate of drug-likeness (QED) is 0.0573. The number of carboxylic acids is 2. The van der Waals surface area contributed by atoms with Gasteiger partial charge in [-0.3, -0.25) is 10.3 Å². The maximum Gasteiger partial charge on any atom is 0.339 e. The summed E-state index contributed by atoms with van der Waals surface area (Å²) in [5.41, 5.74) is 3.98. The molecule has 2 saturated heterocycles. The van der Waals surface area contributed by atoms with Gasteiger partial charge in [-0.15, -0.1) is 11.3 Å². The summed E-state index contributed by atoms with van der Waals surface area (Å²) in [5, 5.41) is 59.0. The number of aliphatic imine (C=N–C) groups is 1. The highest BCUT2D eigenvalue weighted by atomic mass is 32.1. The summed E-state index contributed by atoms with van der Waals surface area (Å²) in [5.74, 6) is 2.33. The maximum atomic E-state index is 11.6. The predicted octanol–water partition coefficient (Wildman–Crippen LogP) is 13.2. The number of aromatic carboxylic acids is 2. The molecule has 7 aliphatic rings. The number of aromatic nitrogens is 4. The lowest BCUT2D eigenvalue weighted by Gasteiger charge is -2.58. The second-order valence-corrected chi connectivity index (χ2v) is 26.1. The number of phenols is 2. The first-order valence-electron chi connectivity index (χ1n) is 29.5. The lowest BCUT2D eigenvalue weighted by atomic mass is 9.47. The van der Waals surface area contributed by atoms with E-state index in [1.807, 2.05) is 0 Å². The Kier molecular flexibility index (Phi) is 16.6. The van der Waals surface area contributed by atoms with E-state index in [0.29, 0.717) is 60.2 Å². The van der Waals surface area contributed by atoms with Crippen LogP contribution >= 0.6 is 23.6 Å². The zero-order chi connectivity index (χ0) is 58.4. The molecule has 5 fully saturated rings. The molecule has 11 atom stereocenters. The fourth-order valence-corrected chi connectivity index (χ4v) is 16.6. The minimum absolute atomic E-state index is 0.0407. The molecule has 3 aromatic heterocycles. The van der Waals surface area contributed by atoms with Crippen LogP contribution in [-0.4, -0.2) is 113 Å². The summed E-state index contributed by atoms with van der Waals surface area (Å²) in [4.78, 5) is 44.7. The van der Waals surface area contributed by atoms with Gasteiger partial charge in [0.25, 0.3) is 0 Å². The monoisotopic (exact) mass is 1160 g/mol. The molecule has 1 spiro atoms. The van der Waals surface area contributed by atoms with Crippen LogP contribution in [0.15, 0.2) is 114 Å². The van der Waals surface area contributed by atoms with Crippen LogP contribution in [0, 0.1) is 51.0 Å². The van der Waals surface area contributed by atoms with Gasteiger partial charge in [0.1, 0.15) is 39.7 Å². The number of fused-ring (bicyclic) bond motifs is 10. The summed E-state index contributed by atoms with van der Waals surface area (Å²) in [6.45, 7) is 13.3. The van der Waals surface area contributed by atoms with Gasteiger partial charge in [-0.1, -0.05) is 106 Å². The highest BCUT2D eigenvalue weighted by Gasteiger charge is 2.68. The van der Waals surface area contributed by atoms with Crippen LogP contribution in [0.25, 0.3) is 38.8 Å². The number of rotatable bonds is 6. The number of amidine groups is 1. The van der Waals surface area contributed by atoms with Crippen molar-refractivity contribution < 1.29 is 39.9 Å². The number of benzene rings is 4. The molecule has 0 bridgehead atoms. The van der Waals surface area contributed by atoms with Crippen molar-refractivity contribution in [2.45, 2.75) is 116 Å². The van der Waals surface area contributed by atoms with Crippen molar-refractivity contribution in [2.75, 3.05) is 26.7 Å². The molecule has 6 heterocycles. The second-order valence-electron chi connectivity index (χ2n) is 24.8. The van der Waals surface area contributed by atoms with Gasteiger partial charge < -0.3 is 45.1 Å². The number of hydrogen-bond acceptors (Lipinski definition) is 13. The van der Waals surface area contributed by atoms with Gasteiger partial charge >= 0.3 is 11.9 Å². The number of ether oxygens (including phenoxy) is 1. The Balaban J connectivity index is 0.000000126. The topological polar surface area (TPSA) is 230 Å². The van der Waals surface area contributed by atoms with Gasteiger partial charge in [-0.2, -0.15) is 0 Å². The largest absolute Gasteiger partial charge is 0.507 e. The average Bonchev–Trinajstić information content (AvgIpc) is 2.40. The van der Waals surface area contributed by atoms with Crippen molar-refractivity contribution in [3.63, 3.8) is 0 Å². The third kappa shape index (κ3) is 11.2. The molecular weight excluding hydrogens is 1080 g/mol. The van der Waals surface area contributed by atoms with Crippen molar-refractivity contribution >= 4 is 80.1 Å². The van der Waals surface area contributed by atoms with Crippen LogP contribution in [0.3, 0.4) is 0 Å². The zero-order valence-electron chi connectivity index (χ0n) is 48.0. The van der Waals surface area contributed by atoms with Crippen LogP contribution in [0.1, 0.15) is 129 Å². The number of carboxylic acid groups (broad SMARTS) is 2. The van der Waals surface area contributed by atoms with Gasteiger partial charge in [-0.05, 0) is 162 Å². The summed E-state index contributed by atoms with van der Waals surface area (Å²) < 4.78 is 7.54. The number of imidazole rings is 1. The number of allylic oxidation sites excluding steroid dienone is 1. The molecule has 0 unspecified atom stereocenters. The Bertz CT molecular complexity index is 3600. The maximum absolute atomic E-state index is 11.6. The number of H-pyrrole nitrogens is 2. The molecule has 436 valence electrons.